The molecular formula is C26H31NO. The second kappa shape index (κ2) is 7.71. The lowest BCUT2D eigenvalue weighted by molar-refractivity contribution is 0.463. The summed E-state index contributed by atoms with van der Waals surface area (Å²) in [6.45, 7) is 12.6. The fourth-order valence-corrected chi connectivity index (χ4v) is 4.19. The number of rotatable bonds is 5. The largest absolute Gasteiger partial charge is 0.507 e. The van der Waals surface area contributed by atoms with Crippen molar-refractivity contribution >= 4 is 5.69 Å². The van der Waals surface area contributed by atoms with Crippen LogP contribution < -0.4 is 5.32 Å². The van der Waals surface area contributed by atoms with Crippen molar-refractivity contribution < 1.29 is 5.11 Å². The van der Waals surface area contributed by atoms with Crippen LogP contribution in [-0.2, 0) is 12.0 Å². The van der Waals surface area contributed by atoms with Crippen LogP contribution in [0, 0.1) is 27.7 Å². The summed E-state index contributed by atoms with van der Waals surface area (Å²) >= 11 is 0. The topological polar surface area (TPSA) is 32.3 Å². The monoisotopic (exact) mass is 373 g/mol. The van der Waals surface area contributed by atoms with Crippen LogP contribution in [0.5, 0.6) is 5.75 Å². The smallest absolute Gasteiger partial charge is 0.121 e. The predicted octanol–water partition coefficient (Wildman–Crippen LogP) is 6.56. The summed E-state index contributed by atoms with van der Waals surface area (Å²) in [5.41, 5.74) is 8.97. The Hall–Kier alpha value is -2.74. The molecule has 0 heterocycles. The fourth-order valence-electron chi connectivity index (χ4n) is 4.19. The van der Waals surface area contributed by atoms with Gasteiger partial charge in [0.15, 0.2) is 0 Å². The molecule has 2 nitrogen and oxygen atoms in total. The molecule has 0 atom stereocenters. The molecule has 0 spiro atoms. The van der Waals surface area contributed by atoms with Crippen LogP contribution in [0.4, 0.5) is 5.69 Å². The van der Waals surface area contributed by atoms with Gasteiger partial charge in [-0.1, -0.05) is 42.5 Å². The summed E-state index contributed by atoms with van der Waals surface area (Å²) in [6.07, 6.45) is 0.944. The maximum atomic E-state index is 10.4. The molecule has 146 valence electrons. The number of phenolic OH excluding ortho intramolecular Hbond substituents is 1. The van der Waals surface area contributed by atoms with Crippen LogP contribution in [0.2, 0.25) is 0 Å². The first-order valence-corrected chi connectivity index (χ1v) is 9.91. The van der Waals surface area contributed by atoms with E-state index in [2.05, 4.69) is 87.6 Å². The molecule has 2 heteroatoms. The van der Waals surface area contributed by atoms with Gasteiger partial charge in [-0.3, -0.25) is 0 Å². The molecular weight excluding hydrogens is 342 g/mol. The van der Waals surface area contributed by atoms with Gasteiger partial charge in [-0.15, -0.1) is 0 Å². The minimum absolute atomic E-state index is 0.252. The van der Waals surface area contributed by atoms with Crippen molar-refractivity contribution in [3.8, 4) is 5.75 Å². The molecule has 0 aliphatic carbocycles. The standard InChI is InChI=1S/C26H31NO/c1-17-19(3)25(28)20(4)18(2)24(17)26(5,6)27-23-14-12-22(13-15-23)16-21-10-8-7-9-11-21/h7-15,27-28H,16H2,1-6H3. The number of anilines is 1. The van der Waals surface area contributed by atoms with E-state index in [1.165, 1.54) is 16.7 Å². The third-order valence-electron chi connectivity index (χ3n) is 5.87. The zero-order chi connectivity index (χ0) is 20.5. The maximum Gasteiger partial charge on any atom is 0.121 e. The van der Waals surface area contributed by atoms with E-state index in [1.807, 2.05) is 13.8 Å². The normalized spacial score (nSPS) is 11.5. The van der Waals surface area contributed by atoms with Gasteiger partial charge in [0.25, 0.3) is 0 Å². The van der Waals surface area contributed by atoms with Gasteiger partial charge in [-0.2, -0.15) is 0 Å². The van der Waals surface area contributed by atoms with E-state index < -0.39 is 0 Å². The van der Waals surface area contributed by atoms with Crippen LogP contribution >= 0.6 is 0 Å². The van der Waals surface area contributed by atoms with E-state index in [9.17, 15) is 5.11 Å². The van der Waals surface area contributed by atoms with E-state index in [0.717, 1.165) is 34.4 Å². The lowest BCUT2D eigenvalue weighted by Gasteiger charge is -2.33. The Labute approximate surface area is 169 Å². The van der Waals surface area contributed by atoms with Crippen LogP contribution in [0.25, 0.3) is 0 Å². The zero-order valence-electron chi connectivity index (χ0n) is 17.9. The first-order chi connectivity index (χ1) is 13.2. The van der Waals surface area contributed by atoms with Crippen molar-refractivity contribution in [2.75, 3.05) is 5.32 Å². The van der Waals surface area contributed by atoms with Gasteiger partial charge in [-0.25, -0.2) is 0 Å². The molecule has 0 amide bonds. The number of benzene rings is 3. The van der Waals surface area contributed by atoms with Crippen LogP contribution in [0.1, 0.15) is 52.8 Å². The molecule has 28 heavy (non-hydrogen) atoms. The zero-order valence-corrected chi connectivity index (χ0v) is 17.9. The molecule has 0 saturated heterocycles. The number of phenols is 1. The summed E-state index contributed by atoms with van der Waals surface area (Å²) in [6, 6.07) is 19.2. The highest BCUT2D eigenvalue weighted by Gasteiger charge is 2.27. The molecule has 0 saturated carbocycles. The van der Waals surface area contributed by atoms with Gasteiger partial charge < -0.3 is 10.4 Å². The van der Waals surface area contributed by atoms with Crippen LogP contribution in [-0.4, -0.2) is 5.11 Å². The average molecular weight is 374 g/mol. The van der Waals surface area contributed by atoms with Gasteiger partial charge in [-0.05, 0) is 99.0 Å². The maximum absolute atomic E-state index is 10.4. The number of hydrogen-bond donors (Lipinski definition) is 2. The Bertz CT molecular complexity index is 941. The van der Waals surface area contributed by atoms with Crippen molar-refractivity contribution in [1.29, 1.82) is 0 Å². The Morgan fingerprint density at radius 2 is 1.21 bits per heavy atom. The highest BCUT2D eigenvalue weighted by atomic mass is 16.3. The van der Waals surface area contributed by atoms with Gasteiger partial charge in [0, 0.05) is 5.69 Å². The van der Waals surface area contributed by atoms with Gasteiger partial charge in [0.05, 0.1) is 5.54 Å². The van der Waals surface area contributed by atoms with Crippen molar-refractivity contribution in [2.45, 2.75) is 53.5 Å². The lowest BCUT2D eigenvalue weighted by atomic mass is 9.82. The van der Waals surface area contributed by atoms with E-state index in [1.54, 1.807) is 0 Å². The van der Waals surface area contributed by atoms with Gasteiger partial charge in [0.1, 0.15) is 5.75 Å². The molecule has 0 aliphatic rings. The summed E-state index contributed by atoms with van der Waals surface area (Å²) < 4.78 is 0. The second-order valence-electron chi connectivity index (χ2n) is 8.33. The van der Waals surface area contributed by atoms with Crippen LogP contribution in [0.15, 0.2) is 54.6 Å². The number of aromatic hydroxyl groups is 1. The molecule has 3 rings (SSSR count). The fraction of sp³-hybridized carbons (Fsp3) is 0.308. The number of nitrogens with one attached hydrogen (secondary N) is 1. The highest BCUT2D eigenvalue weighted by molar-refractivity contribution is 5.58. The molecule has 3 aromatic rings. The third kappa shape index (κ3) is 3.91. The first kappa shape index (κ1) is 20.0. The predicted molar refractivity (Wildman–Crippen MR) is 119 cm³/mol. The average Bonchev–Trinajstić information content (AvgIpc) is 2.67. The van der Waals surface area contributed by atoms with Crippen molar-refractivity contribution in [3.05, 3.63) is 93.5 Å². The van der Waals surface area contributed by atoms with Crippen molar-refractivity contribution in [2.24, 2.45) is 0 Å². The lowest BCUT2D eigenvalue weighted by Crippen LogP contribution is -2.30. The van der Waals surface area contributed by atoms with E-state index >= 15 is 0 Å². The molecule has 0 aromatic heterocycles. The molecule has 0 radical (unpaired) electrons. The van der Waals surface area contributed by atoms with Crippen molar-refractivity contribution in [1.82, 2.24) is 0 Å². The Morgan fingerprint density at radius 1 is 0.714 bits per heavy atom. The Kier molecular flexibility index (Phi) is 5.51. The number of hydrogen-bond acceptors (Lipinski definition) is 2. The van der Waals surface area contributed by atoms with Crippen LogP contribution in [0.3, 0.4) is 0 Å². The first-order valence-electron chi connectivity index (χ1n) is 9.91. The van der Waals surface area contributed by atoms with E-state index in [0.29, 0.717) is 5.75 Å². The molecule has 3 aromatic carbocycles. The van der Waals surface area contributed by atoms with E-state index in [-0.39, 0.29) is 5.54 Å². The minimum atomic E-state index is -0.252. The minimum Gasteiger partial charge on any atom is -0.507 e. The SMILES string of the molecule is Cc1c(C)c(C(C)(C)Nc2ccc(Cc3ccccc3)cc2)c(C)c(C)c1O. The summed E-state index contributed by atoms with van der Waals surface area (Å²) in [5.74, 6) is 0.416. The highest BCUT2D eigenvalue weighted by Crippen LogP contribution is 2.38. The summed E-state index contributed by atoms with van der Waals surface area (Å²) in [5, 5.41) is 14.1. The Morgan fingerprint density at radius 3 is 1.75 bits per heavy atom. The molecule has 2 N–H and O–H groups in total. The Balaban J connectivity index is 1.85. The van der Waals surface area contributed by atoms with Gasteiger partial charge in [0.2, 0.25) is 0 Å². The van der Waals surface area contributed by atoms with Crippen molar-refractivity contribution in [3.63, 3.8) is 0 Å². The summed E-state index contributed by atoms with van der Waals surface area (Å²) in [4.78, 5) is 0. The molecule has 0 aliphatic heterocycles. The van der Waals surface area contributed by atoms with E-state index in [4.69, 9.17) is 0 Å². The molecule has 0 fully saturated rings. The quantitative estimate of drug-likeness (QED) is 0.530. The summed E-state index contributed by atoms with van der Waals surface area (Å²) in [7, 11) is 0. The third-order valence-corrected chi connectivity index (χ3v) is 5.87. The van der Waals surface area contributed by atoms with Gasteiger partial charge >= 0.3 is 0 Å². The molecule has 0 unspecified atom stereocenters. The molecule has 0 bridgehead atoms. The second-order valence-corrected chi connectivity index (χ2v) is 8.33.